The van der Waals surface area contributed by atoms with Crippen LogP contribution in [0, 0.1) is 24.7 Å². The second-order valence-electron chi connectivity index (χ2n) is 5.83. The minimum atomic E-state index is -0.0866. The summed E-state index contributed by atoms with van der Waals surface area (Å²) in [7, 11) is 0. The third-order valence-corrected chi connectivity index (χ3v) is 3.08. The summed E-state index contributed by atoms with van der Waals surface area (Å²) in [5, 5.41) is 11.8. The van der Waals surface area contributed by atoms with Gasteiger partial charge in [0.25, 0.3) is 5.91 Å². The van der Waals surface area contributed by atoms with Crippen LogP contribution < -0.4 is 5.32 Å². The van der Waals surface area contributed by atoms with E-state index in [1.807, 2.05) is 32.0 Å². The van der Waals surface area contributed by atoms with E-state index in [1.165, 1.54) is 0 Å². The molecule has 1 aromatic rings. The Hall–Kier alpha value is -1.79. The number of carbonyl (C=O) groups is 1. The van der Waals surface area contributed by atoms with Gasteiger partial charge < -0.3 is 10.4 Å². The molecule has 1 unspecified atom stereocenters. The third-order valence-electron chi connectivity index (χ3n) is 3.08. The van der Waals surface area contributed by atoms with Gasteiger partial charge in [-0.15, -0.1) is 0 Å². The molecule has 3 heteroatoms. The second-order valence-corrected chi connectivity index (χ2v) is 5.83. The highest BCUT2D eigenvalue weighted by Crippen LogP contribution is 2.12. The molecule has 3 nitrogen and oxygen atoms in total. The normalized spacial score (nSPS) is 11.7. The number of aliphatic hydroxyl groups excluding tert-OH is 1. The highest BCUT2D eigenvalue weighted by atomic mass is 16.2. The molecule has 2 N–H and O–H groups in total. The molecule has 0 heterocycles. The molecule has 0 aliphatic carbocycles. The van der Waals surface area contributed by atoms with Gasteiger partial charge in [0.2, 0.25) is 0 Å². The van der Waals surface area contributed by atoms with E-state index in [1.54, 1.807) is 0 Å². The monoisotopic (exact) mass is 287 g/mol. The van der Waals surface area contributed by atoms with Gasteiger partial charge in [-0.3, -0.25) is 4.79 Å². The van der Waals surface area contributed by atoms with E-state index in [-0.39, 0.29) is 18.6 Å². The molecule has 0 saturated heterocycles. The molecule has 0 radical (unpaired) electrons. The molecule has 1 aromatic carbocycles. The number of amides is 1. The Morgan fingerprint density at radius 2 is 2.05 bits per heavy atom. The van der Waals surface area contributed by atoms with Crippen LogP contribution in [0.3, 0.4) is 0 Å². The molecule has 0 aliphatic rings. The number of carbonyl (C=O) groups excluding carboxylic acids is 1. The minimum absolute atomic E-state index is 0.0335. The molecular weight excluding hydrogens is 262 g/mol. The van der Waals surface area contributed by atoms with E-state index >= 15 is 0 Å². The number of rotatable bonds is 5. The number of aryl methyl sites for hydroxylation is 1. The zero-order valence-corrected chi connectivity index (χ0v) is 13.4. The van der Waals surface area contributed by atoms with Crippen molar-refractivity contribution in [1.82, 2.24) is 5.32 Å². The molecule has 0 spiro atoms. The van der Waals surface area contributed by atoms with Crippen molar-refractivity contribution in [3.63, 3.8) is 0 Å². The third kappa shape index (κ3) is 6.01. The number of nitrogens with one attached hydrogen (secondary N) is 1. The van der Waals surface area contributed by atoms with E-state index in [0.717, 1.165) is 17.5 Å². The van der Waals surface area contributed by atoms with Crippen LogP contribution in [-0.2, 0) is 0 Å². The van der Waals surface area contributed by atoms with E-state index in [0.29, 0.717) is 17.9 Å². The van der Waals surface area contributed by atoms with Crippen molar-refractivity contribution in [1.29, 1.82) is 0 Å². The van der Waals surface area contributed by atoms with Crippen molar-refractivity contribution in [3.8, 4) is 11.8 Å². The molecular formula is C18H25NO2. The second kappa shape index (κ2) is 8.49. The topological polar surface area (TPSA) is 49.3 Å². The summed E-state index contributed by atoms with van der Waals surface area (Å²) in [6.45, 7) is 8.30. The Kier molecular flexibility index (Phi) is 6.98. The predicted molar refractivity (Wildman–Crippen MR) is 86.1 cm³/mol. The number of aliphatic hydroxyl groups is 1. The molecule has 0 fully saturated rings. The zero-order chi connectivity index (χ0) is 15.8. The number of hydrogen-bond donors (Lipinski definition) is 2. The zero-order valence-electron chi connectivity index (χ0n) is 13.4. The maximum absolute atomic E-state index is 12.4. The maximum Gasteiger partial charge on any atom is 0.252 e. The largest absolute Gasteiger partial charge is 0.395 e. The Labute approximate surface area is 127 Å². The Bertz CT molecular complexity index is 538. The van der Waals surface area contributed by atoms with Crippen molar-refractivity contribution < 1.29 is 9.90 Å². The van der Waals surface area contributed by atoms with Crippen molar-refractivity contribution in [2.75, 3.05) is 6.61 Å². The van der Waals surface area contributed by atoms with Crippen LogP contribution in [0.5, 0.6) is 0 Å². The molecule has 0 aliphatic heterocycles. The van der Waals surface area contributed by atoms with Crippen molar-refractivity contribution >= 4 is 5.91 Å². The summed E-state index contributed by atoms with van der Waals surface area (Å²) in [5.41, 5.74) is 2.38. The van der Waals surface area contributed by atoms with Gasteiger partial charge in [-0.25, -0.2) is 0 Å². The fraction of sp³-hybridized carbons (Fsp3) is 0.500. The molecule has 0 saturated carbocycles. The lowest BCUT2D eigenvalue weighted by molar-refractivity contribution is 0.0936. The van der Waals surface area contributed by atoms with Gasteiger partial charge in [0.1, 0.15) is 0 Å². The maximum atomic E-state index is 12.4. The molecule has 0 bridgehead atoms. The van der Waals surface area contributed by atoms with Gasteiger partial charge >= 0.3 is 0 Å². The first-order chi connectivity index (χ1) is 9.93. The van der Waals surface area contributed by atoms with Crippen LogP contribution in [0.2, 0.25) is 0 Å². The van der Waals surface area contributed by atoms with Gasteiger partial charge in [-0.2, -0.15) is 0 Å². The van der Waals surface area contributed by atoms with Crippen molar-refractivity contribution in [3.05, 3.63) is 34.9 Å². The Morgan fingerprint density at radius 1 is 1.33 bits per heavy atom. The molecule has 114 valence electrons. The summed E-state index contributed by atoms with van der Waals surface area (Å²) in [6.07, 6.45) is 1.36. The van der Waals surface area contributed by atoms with Gasteiger partial charge in [0.05, 0.1) is 12.2 Å². The fourth-order valence-electron chi connectivity index (χ4n) is 2.24. The fourth-order valence-corrected chi connectivity index (χ4v) is 2.24. The van der Waals surface area contributed by atoms with Gasteiger partial charge in [-0.05, 0) is 43.9 Å². The Balaban J connectivity index is 2.91. The minimum Gasteiger partial charge on any atom is -0.395 e. The number of hydrogen-bond acceptors (Lipinski definition) is 2. The van der Waals surface area contributed by atoms with Crippen LogP contribution in [0.25, 0.3) is 0 Å². The molecule has 1 rings (SSSR count). The first kappa shape index (κ1) is 17.3. The molecule has 21 heavy (non-hydrogen) atoms. The average Bonchev–Trinajstić information content (AvgIpc) is 2.37. The van der Waals surface area contributed by atoms with Gasteiger partial charge in [0.15, 0.2) is 0 Å². The first-order valence-electron chi connectivity index (χ1n) is 7.45. The molecule has 1 amide bonds. The molecule has 1 atom stereocenters. The lowest BCUT2D eigenvalue weighted by Gasteiger charge is -2.16. The van der Waals surface area contributed by atoms with Crippen LogP contribution in [0.15, 0.2) is 18.2 Å². The average molecular weight is 287 g/mol. The van der Waals surface area contributed by atoms with E-state index in [9.17, 15) is 4.79 Å². The summed E-state index contributed by atoms with van der Waals surface area (Å²) < 4.78 is 0. The Morgan fingerprint density at radius 3 is 2.67 bits per heavy atom. The van der Waals surface area contributed by atoms with Crippen molar-refractivity contribution in [2.24, 2.45) is 5.92 Å². The van der Waals surface area contributed by atoms with Crippen LogP contribution in [0.4, 0.5) is 0 Å². The van der Waals surface area contributed by atoms with E-state index in [4.69, 9.17) is 5.11 Å². The quantitative estimate of drug-likeness (QED) is 0.818. The van der Waals surface area contributed by atoms with Crippen LogP contribution >= 0.6 is 0 Å². The highest BCUT2D eigenvalue weighted by Gasteiger charge is 2.14. The summed E-state index contributed by atoms with van der Waals surface area (Å²) >= 11 is 0. The highest BCUT2D eigenvalue weighted by molar-refractivity contribution is 5.97. The first-order valence-corrected chi connectivity index (χ1v) is 7.45. The standard InChI is InChI=1S/C18H25NO2/c1-13(2)11-15(4)19-18(21)17-9-8-14(3)12-16(17)7-5-6-10-20/h8-9,12-13,15,20H,6,10-11H2,1-4H3,(H,19,21). The predicted octanol–water partition coefficient (Wildman–Crippen LogP) is 2.89. The van der Waals surface area contributed by atoms with E-state index in [2.05, 4.69) is 31.0 Å². The summed E-state index contributed by atoms with van der Waals surface area (Å²) in [6, 6.07) is 5.78. The summed E-state index contributed by atoms with van der Waals surface area (Å²) in [4.78, 5) is 12.4. The molecule has 0 aromatic heterocycles. The SMILES string of the molecule is Cc1ccc(C(=O)NC(C)CC(C)C)c(C#CCCO)c1. The number of benzene rings is 1. The van der Waals surface area contributed by atoms with Gasteiger partial charge in [-0.1, -0.05) is 31.8 Å². The van der Waals surface area contributed by atoms with Crippen LogP contribution in [0.1, 0.15) is 55.1 Å². The lowest BCUT2D eigenvalue weighted by Crippen LogP contribution is -2.33. The summed E-state index contributed by atoms with van der Waals surface area (Å²) in [5.74, 6) is 6.32. The lowest BCUT2D eigenvalue weighted by atomic mass is 10.0. The van der Waals surface area contributed by atoms with E-state index < -0.39 is 0 Å². The van der Waals surface area contributed by atoms with Gasteiger partial charge in [0, 0.05) is 18.0 Å². The smallest absolute Gasteiger partial charge is 0.252 e. The van der Waals surface area contributed by atoms with Crippen LogP contribution in [-0.4, -0.2) is 23.7 Å². The van der Waals surface area contributed by atoms with Crippen molar-refractivity contribution in [2.45, 2.75) is 46.6 Å².